The molecule has 0 aromatic carbocycles. The minimum Gasteiger partial charge on any atom is -0.415 e. The van der Waals surface area contributed by atoms with E-state index in [9.17, 15) is 4.79 Å². The molecule has 124 valence electrons. The Morgan fingerprint density at radius 3 is 2.14 bits per heavy atom. The van der Waals surface area contributed by atoms with Gasteiger partial charge in [0, 0.05) is 6.42 Å². The topological polar surface area (TPSA) is 40.0 Å². The van der Waals surface area contributed by atoms with E-state index in [2.05, 4.69) is 6.92 Å². The van der Waals surface area contributed by atoms with Crippen LogP contribution < -0.4 is 4.90 Å². The van der Waals surface area contributed by atoms with E-state index < -0.39 is 0 Å². The zero-order valence-electron chi connectivity index (χ0n) is 13.8. The van der Waals surface area contributed by atoms with Crippen molar-refractivity contribution in [3.8, 4) is 0 Å². The highest BCUT2D eigenvalue weighted by atomic mass is 16.5. The van der Waals surface area contributed by atoms with Gasteiger partial charge in [0.25, 0.3) is 0 Å². The molecule has 21 heavy (non-hydrogen) atoms. The first-order valence-corrected chi connectivity index (χ1v) is 8.90. The van der Waals surface area contributed by atoms with Crippen molar-refractivity contribution in [1.29, 1.82) is 0 Å². The predicted octanol–water partition coefficient (Wildman–Crippen LogP) is 2.32. The lowest BCUT2D eigenvalue weighted by atomic mass is 10.1. The number of quaternary nitrogens is 1. The first-order chi connectivity index (χ1) is 10.3. The van der Waals surface area contributed by atoms with Crippen LogP contribution in [0.3, 0.4) is 0 Å². The van der Waals surface area contributed by atoms with E-state index in [0.29, 0.717) is 13.2 Å². The number of morpholine rings is 1. The molecule has 1 rings (SSSR count). The Labute approximate surface area is 130 Å². The normalized spacial score (nSPS) is 16.0. The number of nitrogens with one attached hydrogen (secondary N) is 1. The number of hydrogen-bond acceptors (Lipinski definition) is 3. The van der Waals surface area contributed by atoms with Gasteiger partial charge in [-0.2, -0.15) is 0 Å². The van der Waals surface area contributed by atoms with Gasteiger partial charge in [0.1, 0.15) is 13.1 Å². The average Bonchev–Trinajstić information content (AvgIpc) is 2.52. The summed E-state index contributed by atoms with van der Waals surface area (Å²) in [6.07, 6.45) is 12.1. The molecule has 0 spiro atoms. The molecule has 1 aliphatic rings. The summed E-state index contributed by atoms with van der Waals surface area (Å²) in [6.45, 7) is 6.23. The van der Waals surface area contributed by atoms with Crippen LogP contribution in [0.4, 0.5) is 0 Å². The van der Waals surface area contributed by atoms with Crippen LogP contribution in [0, 0.1) is 0 Å². The lowest BCUT2D eigenvalue weighted by Crippen LogP contribution is -3.14. The molecule has 0 aromatic heterocycles. The summed E-state index contributed by atoms with van der Waals surface area (Å²) in [6, 6.07) is 0. The molecule has 1 heterocycles. The van der Waals surface area contributed by atoms with E-state index in [1.807, 2.05) is 0 Å². The summed E-state index contributed by atoms with van der Waals surface area (Å²) < 4.78 is 10.6. The van der Waals surface area contributed by atoms with Gasteiger partial charge >= 0.3 is 5.97 Å². The van der Waals surface area contributed by atoms with Crippen molar-refractivity contribution >= 4 is 5.97 Å². The third-order valence-electron chi connectivity index (χ3n) is 4.12. The monoisotopic (exact) mass is 300 g/mol. The zero-order valence-corrected chi connectivity index (χ0v) is 13.8. The SMILES string of the molecule is CCCCCCCCCCCC(=O)OC[NH+]1CCOCC1. The molecule has 0 aliphatic carbocycles. The fourth-order valence-electron chi connectivity index (χ4n) is 2.64. The predicted molar refractivity (Wildman–Crippen MR) is 84.3 cm³/mol. The maximum absolute atomic E-state index is 11.6. The number of ether oxygens (including phenoxy) is 2. The van der Waals surface area contributed by atoms with Gasteiger partial charge in [-0.25, -0.2) is 0 Å². The van der Waals surface area contributed by atoms with Crippen LogP contribution in [0.25, 0.3) is 0 Å². The van der Waals surface area contributed by atoms with E-state index in [1.165, 1.54) is 49.8 Å². The highest BCUT2D eigenvalue weighted by Gasteiger charge is 2.15. The lowest BCUT2D eigenvalue weighted by Gasteiger charge is -2.22. The lowest BCUT2D eigenvalue weighted by molar-refractivity contribution is -0.924. The fraction of sp³-hybridized carbons (Fsp3) is 0.941. The maximum atomic E-state index is 11.6. The molecule has 4 heteroatoms. The summed E-state index contributed by atoms with van der Waals surface area (Å²) in [5, 5.41) is 0. The minimum absolute atomic E-state index is 0.0306. The molecule has 1 saturated heterocycles. The van der Waals surface area contributed by atoms with E-state index in [-0.39, 0.29) is 5.97 Å². The molecular formula is C17H34NO3+. The van der Waals surface area contributed by atoms with Crippen LogP contribution in [0.15, 0.2) is 0 Å². The largest absolute Gasteiger partial charge is 0.415 e. The van der Waals surface area contributed by atoms with Gasteiger partial charge in [0.15, 0.2) is 0 Å². The van der Waals surface area contributed by atoms with Crippen molar-refractivity contribution in [3.05, 3.63) is 0 Å². The first-order valence-electron chi connectivity index (χ1n) is 8.90. The number of esters is 1. The average molecular weight is 300 g/mol. The Morgan fingerprint density at radius 1 is 0.952 bits per heavy atom. The van der Waals surface area contributed by atoms with Crippen molar-refractivity contribution in [2.24, 2.45) is 0 Å². The number of carbonyl (C=O) groups excluding carboxylic acids is 1. The zero-order chi connectivity index (χ0) is 15.2. The summed E-state index contributed by atoms with van der Waals surface area (Å²) in [5.41, 5.74) is 0. The molecule has 1 aliphatic heterocycles. The quantitative estimate of drug-likeness (QED) is 0.444. The molecular weight excluding hydrogens is 266 g/mol. The highest BCUT2D eigenvalue weighted by Crippen LogP contribution is 2.10. The third-order valence-corrected chi connectivity index (χ3v) is 4.12. The molecule has 1 N–H and O–H groups in total. The summed E-state index contributed by atoms with van der Waals surface area (Å²) in [5.74, 6) is -0.0306. The van der Waals surface area contributed by atoms with Gasteiger partial charge in [-0.15, -0.1) is 0 Å². The molecule has 0 radical (unpaired) electrons. The molecule has 0 aromatic rings. The molecule has 0 unspecified atom stereocenters. The van der Waals surface area contributed by atoms with Crippen molar-refractivity contribution in [1.82, 2.24) is 0 Å². The maximum Gasteiger partial charge on any atom is 0.310 e. The molecule has 4 nitrogen and oxygen atoms in total. The van der Waals surface area contributed by atoms with Gasteiger partial charge < -0.3 is 9.47 Å². The first kappa shape index (κ1) is 18.4. The van der Waals surface area contributed by atoms with Gasteiger partial charge in [-0.3, -0.25) is 9.69 Å². The van der Waals surface area contributed by atoms with Crippen molar-refractivity contribution in [3.63, 3.8) is 0 Å². The second-order valence-corrected chi connectivity index (χ2v) is 6.10. The Balaban J connectivity index is 1.82. The Morgan fingerprint density at radius 2 is 1.52 bits per heavy atom. The van der Waals surface area contributed by atoms with Crippen molar-refractivity contribution in [2.75, 3.05) is 33.0 Å². The Bertz CT molecular complexity index is 252. The van der Waals surface area contributed by atoms with Gasteiger partial charge in [-0.1, -0.05) is 58.3 Å². The fourth-order valence-corrected chi connectivity index (χ4v) is 2.64. The standard InChI is InChI=1S/C17H33NO3/c1-2-3-4-5-6-7-8-9-10-11-17(19)21-16-18-12-14-20-15-13-18/h2-16H2,1H3/p+1. The van der Waals surface area contributed by atoms with Crippen LogP contribution in [0.2, 0.25) is 0 Å². The van der Waals surface area contributed by atoms with Gasteiger partial charge in [0.05, 0.1) is 13.2 Å². The van der Waals surface area contributed by atoms with Crippen LogP contribution in [0.1, 0.15) is 71.1 Å². The van der Waals surface area contributed by atoms with Gasteiger partial charge in [0.2, 0.25) is 6.73 Å². The second kappa shape index (κ2) is 13.1. The van der Waals surface area contributed by atoms with E-state index in [0.717, 1.165) is 39.1 Å². The molecule has 0 saturated carbocycles. The smallest absolute Gasteiger partial charge is 0.310 e. The van der Waals surface area contributed by atoms with Crippen molar-refractivity contribution in [2.45, 2.75) is 71.1 Å². The van der Waals surface area contributed by atoms with Crippen LogP contribution in [0.5, 0.6) is 0 Å². The summed E-state index contributed by atoms with van der Waals surface area (Å²) in [7, 11) is 0. The van der Waals surface area contributed by atoms with Crippen LogP contribution in [-0.4, -0.2) is 39.0 Å². The van der Waals surface area contributed by atoms with Crippen LogP contribution >= 0.6 is 0 Å². The van der Waals surface area contributed by atoms with E-state index in [1.54, 1.807) is 0 Å². The Kier molecular flexibility index (Phi) is 11.5. The van der Waals surface area contributed by atoms with Crippen LogP contribution in [-0.2, 0) is 14.3 Å². The number of unbranched alkanes of at least 4 members (excludes halogenated alkanes) is 8. The second-order valence-electron chi connectivity index (χ2n) is 6.10. The number of carbonyl (C=O) groups is 1. The van der Waals surface area contributed by atoms with Crippen molar-refractivity contribution < 1.29 is 19.2 Å². The molecule has 1 fully saturated rings. The molecule has 0 bridgehead atoms. The summed E-state index contributed by atoms with van der Waals surface area (Å²) in [4.78, 5) is 12.9. The number of hydrogen-bond donors (Lipinski definition) is 1. The Hall–Kier alpha value is -0.610. The molecule has 0 atom stereocenters. The number of rotatable bonds is 12. The molecule has 0 amide bonds. The third kappa shape index (κ3) is 10.7. The minimum atomic E-state index is -0.0306. The van der Waals surface area contributed by atoms with Gasteiger partial charge in [-0.05, 0) is 6.42 Å². The summed E-state index contributed by atoms with van der Waals surface area (Å²) >= 11 is 0. The van der Waals surface area contributed by atoms with E-state index >= 15 is 0 Å². The highest BCUT2D eigenvalue weighted by molar-refractivity contribution is 5.69. The van der Waals surface area contributed by atoms with E-state index in [4.69, 9.17) is 9.47 Å².